The quantitative estimate of drug-likeness (QED) is 0.00960. The number of aromatic nitrogens is 2. The van der Waals surface area contributed by atoms with Crippen molar-refractivity contribution in [1.82, 2.24) is 51.7 Å². The molecule has 4 aromatic carbocycles. The molecule has 5 heterocycles. The molecular formula is C90H120N14O24S. The normalized spacial score (nSPS) is 15.2. The van der Waals surface area contributed by atoms with Crippen LogP contribution in [0.1, 0.15) is 181 Å². The van der Waals surface area contributed by atoms with E-state index in [9.17, 15) is 70.7 Å². The zero-order chi connectivity index (χ0) is 93.6. The summed E-state index contributed by atoms with van der Waals surface area (Å²) in [6.45, 7) is 20.4. The maximum atomic E-state index is 14.7. The second-order valence-corrected chi connectivity index (χ2v) is 35.0. The molecule has 0 spiro atoms. The zero-order valence-electron chi connectivity index (χ0n) is 74.8. The van der Waals surface area contributed by atoms with E-state index in [0.29, 0.717) is 79.8 Å². The first-order valence-electron chi connectivity index (χ1n) is 43.5. The van der Waals surface area contributed by atoms with Crippen molar-refractivity contribution >= 4 is 116 Å². The Bertz CT molecular complexity index is 5150. The van der Waals surface area contributed by atoms with Crippen LogP contribution in [0.2, 0.25) is 0 Å². The van der Waals surface area contributed by atoms with Crippen LogP contribution in [0.4, 0.5) is 46.7 Å². The maximum Gasteiger partial charge on any atom is 0.407 e. The molecule has 1 saturated heterocycles. The molecule has 3 aliphatic heterocycles. The summed E-state index contributed by atoms with van der Waals surface area (Å²) in [5.74, 6) is -6.31. The van der Waals surface area contributed by atoms with Gasteiger partial charge >= 0.3 is 54.2 Å². The van der Waals surface area contributed by atoms with Gasteiger partial charge in [-0.15, -0.1) is 0 Å². The minimum absolute atomic E-state index is 0.0104. The molecule has 0 bridgehead atoms. The third-order valence-electron chi connectivity index (χ3n) is 20.7. The first kappa shape index (κ1) is 100. The monoisotopic (exact) mass is 1810 g/mol. The Morgan fingerprint density at radius 1 is 0.605 bits per heavy atom. The number of ether oxygens (including phenoxy) is 9. The number of fused-ring (bicyclic) bond motifs is 5. The highest BCUT2D eigenvalue weighted by atomic mass is 32.2. The Morgan fingerprint density at radius 3 is 1.83 bits per heavy atom. The number of unbranched alkanes of at least 4 members (excludes halogenated alkanes) is 2. The molecule has 0 saturated carbocycles. The van der Waals surface area contributed by atoms with Gasteiger partial charge in [-0.3, -0.25) is 33.5 Å². The fraction of sp³-hybridized carbons (Fsp3) is 0.511. The third kappa shape index (κ3) is 29.8. The summed E-state index contributed by atoms with van der Waals surface area (Å²) in [4.78, 5) is 182. The van der Waals surface area contributed by atoms with Crippen molar-refractivity contribution in [2.75, 3.05) is 106 Å². The molecule has 11 N–H and O–H groups in total. The van der Waals surface area contributed by atoms with Gasteiger partial charge in [0.05, 0.1) is 106 Å². The smallest absolute Gasteiger partial charge is 0.407 e. The topological polar surface area (TPSA) is 493 Å². The van der Waals surface area contributed by atoms with Gasteiger partial charge in [0.1, 0.15) is 35.9 Å². The summed E-state index contributed by atoms with van der Waals surface area (Å²) in [6.07, 6.45) is 0.752. The van der Waals surface area contributed by atoms with Gasteiger partial charge in [-0.05, 0) is 183 Å². The summed E-state index contributed by atoms with van der Waals surface area (Å²) < 4.78 is 81.8. The first-order valence-corrected chi connectivity index (χ1v) is 44.9. The standard InChI is InChI=1S/C90H120N14O24S/c1-12-36-91-83(113)97-60-25-22-27-62(50-60)129(118,119)102-61-26-21-24-57(49-61)69(52-74(106)123-41-19-17-37-93-86(116)127-88(6,7)8)100-85(115)96-59-33-31-58(32-34-59)95-84(114)92-39-44-121-46-48-122-47-45-120-43-35-73(105)98-70(53-75(107)124-42-20-18-38-94-87(117)128-89(9,10)11)80(110)103-40-23-30-71(103)78(108)101-76(56(4)5)81(111)126-90(14-3)67-51-72-77-65(54-104(72)79(109)66(67)55-125-82(90)112)63(13-2)64-28-15-16-29-68(64)99-77/h15-16,21-22,24-29,31-34,49-51,56,69-71,76,102H,12-14,17-20,23,30,35-48,52-55H2,1-11H3,(H,93,116)(H,94,117)(H,98,105)(H,101,108)(H2,91,97,113)(H2,92,95,114)(H2,96,100,115)/t69-,70+,71+,76+,90+/m1/s1. The molecule has 0 radical (unpaired) electrons. The summed E-state index contributed by atoms with van der Waals surface area (Å²) in [6, 6.07) is 20.1. The fourth-order valence-corrected chi connectivity index (χ4v) is 15.5. The maximum absolute atomic E-state index is 14.7. The van der Waals surface area contributed by atoms with Crippen molar-refractivity contribution in [3.05, 3.63) is 141 Å². The van der Waals surface area contributed by atoms with E-state index in [4.69, 9.17) is 47.6 Å². The van der Waals surface area contributed by atoms with E-state index in [1.165, 1.54) is 71.6 Å². The van der Waals surface area contributed by atoms with Crippen molar-refractivity contribution in [3.8, 4) is 11.4 Å². The number of para-hydroxylation sites is 1. The zero-order valence-corrected chi connectivity index (χ0v) is 75.7. The number of cyclic esters (lactones) is 1. The molecule has 1 fully saturated rings. The van der Waals surface area contributed by atoms with E-state index in [1.807, 2.05) is 38.1 Å². The van der Waals surface area contributed by atoms with Gasteiger partial charge in [0, 0.05) is 78.4 Å². The number of likely N-dealkylation sites (tertiary alicyclic amines) is 1. The molecule has 9 rings (SSSR count). The Kier molecular flexibility index (Phi) is 36.9. The lowest BCUT2D eigenvalue weighted by Gasteiger charge is -2.37. The summed E-state index contributed by atoms with van der Waals surface area (Å²) in [7, 11) is -4.24. The number of hydrogen-bond acceptors (Lipinski definition) is 25. The summed E-state index contributed by atoms with van der Waals surface area (Å²) in [5, 5.41) is 27.7. The molecule has 6 aromatic rings. The minimum Gasteiger partial charge on any atom is -0.466 e. The molecular weight excluding hydrogens is 1690 g/mol. The van der Waals surface area contributed by atoms with E-state index >= 15 is 0 Å². The largest absolute Gasteiger partial charge is 0.466 e. The molecule has 0 unspecified atom stereocenters. The number of alkyl carbamates (subject to hydrolysis) is 2. The molecule has 5 atom stereocenters. The predicted molar refractivity (Wildman–Crippen MR) is 476 cm³/mol. The van der Waals surface area contributed by atoms with Gasteiger partial charge in [-0.2, -0.15) is 0 Å². The van der Waals surface area contributed by atoms with Crippen LogP contribution in [-0.2, 0) is 111 Å². The number of amides is 11. The lowest BCUT2D eigenvalue weighted by molar-refractivity contribution is -0.191. The molecule has 38 nitrogen and oxygen atoms in total. The van der Waals surface area contributed by atoms with Gasteiger partial charge in [0.25, 0.3) is 15.6 Å². The van der Waals surface area contributed by atoms with Gasteiger partial charge in [0.15, 0.2) is 0 Å². The minimum atomic E-state index is -4.24. The van der Waals surface area contributed by atoms with Crippen molar-refractivity contribution in [2.45, 2.75) is 212 Å². The average Bonchev–Trinajstić information content (AvgIpc) is 1.56. The Labute approximate surface area is 749 Å². The number of benzene rings is 4. The average molecular weight is 1810 g/mol. The van der Waals surface area contributed by atoms with E-state index in [2.05, 4.69) is 57.9 Å². The number of sulfonamides is 1. The summed E-state index contributed by atoms with van der Waals surface area (Å²) in [5.41, 5.74) is 1.28. The second kappa shape index (κ2) is 47.5. The van der Waals surface area contributed by atoms with E-state index < -0.39 is 141 Å². The van der Waals surface area contributed by atoms with Gasteiger partial charge < -0.3 is 105 Å². The van der Waals surface area contributed by atoms with Gasteiger partial charge in [0.2, 0.25) is 23.3 Å². The highest BCUT2D eigenvalue weighted by Gasteiger charge is 2.52. The number of carbonyl (C=O) groups is 12. The Balaban J connectivity index is 0.714. The van der Waals surface area contributed by atoms with Crippen molar-refractivity contribution in [3.63, 3.8) is 0 Å². The van der Waals surface area contributed by atoms with Crippen molar-refractivity contribution < 1.29 is 109 Å². The van der Waals surface area contributed by atoms with Crippen LogP contribution in [0, 0.1) is 5.92 Å². The molecule has 39 heteroatoms. The van der Waals surface area contributed by atoms with Gasteiger partial charge in [-0.1, -0.05) is 71.0 Å². The Hall–Kier alpha value is -12.5. The van der Waals surface area contributed by atoms with E-state index in [-0.39, 0.29) is 145 Å². The number of aryl methyl sites for hydroxylation is 1. The van der Waals surface area contributed by atoms with Crippen LogP contribution in [-0.4, -0.2) is 210 Å². The van der Waals surface area contributed by atoms with Crippen LogP contribution in [0.15, 0.2) is 113 Å². The highest BCUT2D eigenvalue weighted by molar-refractivity contribution is 7.92. The number of anilines is 4. The lowest BCUT2D eigenvalue weighted by Crippen LogP contribution is -2.57. The number of carbonyl (C=O) groups excluding carboxylic acids is 12. The third-order valence-corrected chi connectivity index (χ3v) is 22.1. The number of rotatable bonds is 45. The molecule has 2 aromatic heterocycles. The van der Waals surface area contributed by atoms with Crippen LogP contribution >= 0.6 is 0 Å². The predicted octanol–water partition coefficient (Wildman–Crippen LogP) is 9.74. The van der Waals surface area contributed by atoms with Crippen molar-refractivity contribution in [2.24, 2.45) is 5.92 Å². The molecule has 129 heavy (non-hydrogen) atoms. The SMILES string of the molecule is CCCNC(=O)Nc1cccc(S(=O)(=O)Nc2cccc([C@@H](CC(=O)OCCCCNC(=O)OC(C)(C)C)NC(=O)Nc3ccc(NC(=O)NCCOCCOCCOCCC(=O)N[C@@H](CC(=O)OCCCCNC(=O)OC(C)(C)C)C(=O)N4CCC[C@H]4C(=O)N[C@H](C(=O)O[C@]4(CC)C(=O)OCc5c4cc4n(c5=O)Cc5c-4nc4ccccc4c5CC)C(C)C)cc3)c2)c1. The molecule has 11 amide bonds. The number of nitrogens with zero attached hydrogens (tertiary/aromatic N) is 3. The van der Waals surface area contributed by atoms with E-state index in [1.54, 1.807) is 79.0 Å². The number of esters is 4. The Morgan fingerprint density at radius 2 is 1.20 bits per heavy atom. The van der Waals surface area contributed by atoms with Crippen molar-refractivity contribution in [1.29, 1.82) is 0 Å². The lowest BCUT2D eigenvalue weighted by atomic mass is 9.85. The van der Waals surface area contributed by atoms with E-state index in [0.717, 1.165) is 22.0 Å². The molecule has 700 valence electrons. The number of hydrogen-bond donors (Lipinski definition) is 11. The number of pyridine rings is 2. The van der Waals surface area contributed by atoms with Gasteiger partial charge in [-0.25, -0.2) is 47.0 Å². The molecule has 0 aliphatic carbocycles. The highest BCUT2D eigenvalue weighted by Crippen LogP contribution is 2.43. The number of nitrogens with one attached hydrogen (secondary N) is 11. The number of urea groups is 3. The van der Waals surface area contributed by atoms with Crippen LogP contribution < -0.4 is 63.4 Å². The molecule has 3 aliphatic rings. The van der Waals surface area contributed by atoms with Crippen LogP contribution in [0.3, 0.4) is 0 Å². The second-order valence-electron chi connectivity index (χ2n) is 33.3. The van der Waals surface area contributed by atoms with Crippen LogP contribution in [0.5, 0.6) is 0 Å². The first-order chi connectivity index (χ1) is 61.5. The van der Waals surface area contributed by atoms with Crippen LogP contribution in [0.25, 0.3) is 22.3 Å². The summed E-state index contributed by atoms with van der Waals surface area (Å²) >= 11 is 0. The fourth-order valence-electron chi connectivity index (χ4n) is 14.4.